The van der Waals surface area contributed by atoms with E-state index >= 15 is 0 Å². The molecule has 0 aliphatic rings. The molecular weight excluding hydrogens is 316 g/mol. The molecule has 0 bridgehead atoms. The Morgan fingerprint density at radius 2 is 1.33 bits per heavy atom. The largest absolute Gasteiger partial charge is 0.294 e. The highest BCUT2D eigenvalue weighted by atomic mass is 32.2. The highest BCUT2D eigenvalue weighted by molar-refractivity contribution is 8.16. The van der Waals surface area contributed by atoms with Gasteiger partial charge in [0.25, 0.3) is 0 Å². The molecule has 0 unspecified atom stereocenters. The molecule has 2 rings (SSSR count). The van der Waals surface area contributed by atoms with Crippen molar-refractivity contribution in [3.05, 3.63) is 71.8 Å². The van der Waals surface area contributed by atoms with Gasteiger partial charge >= 0.3 is 0 Å². The lowest BCUT2D eigenvalue weighted by Crippen LogP contribution is -2.26. The number of hydrogen-bond acceptors (Lipinski definition) is 2. The topological polar surface area (TPSA) is 34.1 Å². The van der Waals surface area contributed by atoms with Crippen molar-refractivity contribution in [3.8, 4) is 0 Å². The van der Waals surface area contributed by atoms with Crippen LogP contribution in [0.4, 0.5) is 0 Å². The summed E-state index contributed by atoms with van der Waals surface area (Å²) in [6.45, 7) is 0. The Balaban J connectivity index is 1.96. The molecule has 3 heteroatoms. The maximum atomic E-state index is 12.6. The van der Waals surface area contributed by atoms with E-state index in [1.807, 2.05) is 61.0 Å². The molecule has 0 fully saturated rings. The van der Waals surface area contributed by atoms with Crippen LogP contribution in [0.1, 0.15) is 24.0 Å². The van der Waals surface area contributed by atoms with E-state index in [4.69, 9.17) is 0 Å². The quantitative estimate of drug-likeness (QED) is 0.536. The number of Topliss-reactive ketones (excluding diaryl/α,β-unsaturated/α-hetero) is 2. The van der Waals surface area contributed by atoms with Crippen molar-refractivity contribution >= 4 is 26.9 Å². The van der Waals surface area contributed by atoms with Crippen molar-refractivity contribution in [2.45, 2.75) is 25.7 Å². The number of benzene rings is 2. The Morgan fingerprint density at radius 3 is 1.88 bits per heavy atom. The fourth-order valence-corrected chi connectivity index (χ4v) is 3.77. The molecule has 0 atom stereocenters. The standard InChI is InChI=1S/C21H24O2S/c1-24(2)21(20(23)16-18-12-7-4-8-13-18)19(22)15-9-14-17-10-5-3-6-11-17/h3-8,10-13H,9,14-16H2,1-2H3. The molecule has 2 aromatic carbocycles. The van der Waals surface area contributed by atoms with Gasteiger partial charge in [0.2, 0.25) is 0 Å². The first-order valence-corrected chi connectivity index (χ1v) is 10.2. The molecule has 0 radical (unpaired) electrons. The van der Waals surface area contributed by atoms with E-state index < -0.39 is 0 Å². The number of rotatable bonds is 8. The van der Waals surface area contributed by atoms with Crippen LogP contribution >= 0.6 is 10.5 Å². The fourth-order valence-electron chi connectivity index (χ4n) is 2.68. The van der Waals surface area contributed by atoms with E-state index in [0.29, 0.717) is 17.7 Å². The Labute approximate surface area is 146 Å². The molecule has 0 aliphatic carbocycles. The van der Waals surface area contributed by atoms with Crippen LogP contribution in [-0.4, -0.2) is 28.9 Å². The Bertz CT molecular complexity index is 714. The van der Waals surface area contributed by atoms with Crippen LogP contribution in [0.2, 0.25) is 0 Å². The minimum Gasteiger partial charge on any atom is -0.294 e. The highest BCUT2D eigenvalue weighted by Crippen LogP contribution is 2.13. The van der Waals surface area contributed by atoms with Crippen molar-refractivity contribution < 1.29 is 9.59 Å². The summed E-state index contributed by atoms with van der Waals surface area (Å²) in [5, 5.41) is 0. The van der Waals surface area contributed by atoms with Gasteiger partial charge in [-0.3, -0.25) is 9.59 Å². The third-order valence-electron chi connectivity index (χ3n) is 3.83. The fraction of sp³-hybridized carbons (Fsp3) is 0.286. The SMILES string of the molecule is CS(C)=C(C(=O)CCCc1ccccc1)C(=O)Cc1ccccc1. The minimum absolute atomic E-state index is 0.0141. The van der Waals surface area contributed by atoms with E-state index in [0.717, 1.165) is 18.4 Å². The first-order chi connectivity index (χ1) is 11.6. The van der Waals surface area contributed by atoms with Gasteiger partial charge in [-0.25, -0.2) is 0 Å². The van der Waals surface area contributed by atoms with E-state index in [-0.39, 0.29) is 22.1 Å². The van der Waals surface area contributed by atoms with Gasteiger partial charge in [-0.15, -0.1) is 0 Å². The summed E-state index contributed by atoms with van der Waals surface area (Å²) in [5.41, 5.74) is 2.19. The predicted molar refractivity (Wildman–Crippen MR) is 104 cm³/mol. The third kappa shape index (κ3) is 5.57. The summed E-state index contributed by atoms with van der Waals surface area (Å²) in [6, 6.07) is 19.8. The zero-order chi connectivity index (χ0) is 17.4. The summed E-state index contributed by atoms with van der Waals surface area (Å²) >= 11 is 0. The molecule has 0 amide bonds. The van der Waals surface area contributed by atoms with Crippen LogP contribution in [0.5, 0.6) is 0 Å². The van der Waals surface area contributed by atoms with Crippen LogP contribution in [0, 0.1) is 0 Å². The lowest BCUT2D eigenvalue weighted by molar-refractivity contribution is -0.116. The minimum atomic E-state index is -0.318. The molecule has 24 heavy (non-hydrogen) atoms. The van der Waals surface area contributed by atoms with Gasteiger partial charge < -0.3 is 0 Å². The van der Waals surface area contributed by atoms with Crippen molar-refractivity contribution in [1.29, 1.82) is 0 Å². The van der Waals surface area contributed by atoms with Gasteiger partial charge in [0.05, 0.1) is 4.86 Å². The van der Waals surface area contributed by atoms with Gasteiger partial charge in [0, 0.05) is 12.8 Å². The van der Waals surface area contributed by atoms with E-state index in [2.05, 4.69) is 12.1 Å². The smallest absolute Gasteiger partial charge is 0.176 e. The van der Waals surface area contributed by atoms with Crippen LogP contribution in [0.25, 0.3) is 0 Å². The molecule has 0 heterocycles. The van der Waals surface area contributed by atoms with Gasteiger partial charge in [-0.05, 0) is 36.5 Å². The second kappa shape index (κ2) is 9.33. The van der Waals surface area contributed by atoms with Gasteiger partial charge in [0.15, 0.2) is 11.6 Å². The van der Waals surface area contributed by atoms with Gasteiger partial charge in [-0.2, -0.15) is 10.5 Å². The Hall–Kier alpha value is -2.00. The maximum absolute atomic E-state index is 12.6. The Kier molecular flexibility index (Phi) is 7.13. The van der Waals surface area contributed by atoms with Crippen molar-refractivity contribution in [2.24, 2.45) is 0 Å². The molecule has 0 aromatic heterocycles. The number of hydrogen-bond donors (Lipinski definition) is 0. The molecule has 2 nitrogen and oxygen atoms in total. The van der Waals surface area contributed by atoms with Crippen molar-refractivity contribution in [3.63, 3.8) is 0 Å². The second-order valence-corrected chi connectivity index (χ2v) is 8.03. The Morgan fingerprint density at radius 1 is 0.792 bits per heavy atom. The summed E-state index contributed by atoms with van der Waals surface area (Å²) in [5.74, 6) is -0.0144. The number of carbonyl (C=O) groups is 2. The lowest BCUT2D eigenvalue weighted by Gasteiger charge is -2.09. The average molecular weight is 340 g/mol. The lowest BCUT2D eigenvalue weighted by atomic mass is 10.0. The van der Waals surface area contributed by atoms with E-state index in [1.54, 1.807) is 0 Å². The second-order valence-electron chi connectivity index (χ2n) is 5.99. The molecule has 0 aliphatic heterocycles. The molecular formula is C21H24O2S. The van der Waals surface area contributed by atoms with Crippen molar-refractivity contribution in [2.75, 3.05) is 12.5 Å². The average Bonchev–Trinajstić information content (AvgIpc) is 2.56. The molecule has 0 saturated heterocycles. The highest BCUT2D eigenvalue weighted by Gasteiger charge is 2.19. The van der Waals surface area contributed by atoms with E-state index in [9.17, 15) is 9.59 Å². The molecule has 0 saturated carbocycles. The van der Waals surface area contributed by atoms with Crippen LogP contribution in [0.3, 0.4) is 0 Å². The van der Waals surface area contributed by atoms with Crippen molar-refractivity contribution in [1.82, 2.24) is 0 Å². The molecule has 0 N–H and O–H groups in total. The molecule has 126 valence electrons. The normalized spacial score (nSPS) is 10.6. The summed E-state index contributed by atoms with van der Waals surface area (Å²) < 4.78 is 0. The first kappa shape index (κ1) is 18.3. The van der Waals surface area contributed by atoms with Crippen LogP contribution < -0.4 is 0 Å². The summed E-state index contributed by atoms with van der Waals surface area (Å²) in [6.07, 6.45) is 6.30. The number of carbonyl (C=O) groups excluding carboxylic acids is 2. The molecule has 0 spiro atoms. The monoisotopic (exact) mass is 340 g/mol. The van der Waals surface area contributed by atoms with E-state index in [1.165, 1.54) is 5.56 Å². The maximum Gasteiger partial charge on any atom is 0.176 e. The zero-order valence-electron chi connectivity index (χ0n) is 14.3. The van der Waals surface area contributed by atoms with Gasteiger partial charge in [-0.1, -0.05) is 60.7 Å². The predicted octanol–water partition coefficient (Wildman–Crippen LogP) is 4.09. The van der Waals surface area contributed by atoms with Crippen LogP contribution in [0.15, 0.2) is 60.7 Å². The third-order valence-corrected chi connectivity index (χ3v) is 5.11. The summed E-state index contributed by atoms with van der Waals surface area (Å²) in [7, 11) is -0.318. The molecule has 2 aromatic rings. The number of aryl methyl sites for hydroxylation is 1. The number of ketones is 2. The van der Waals surface area contributed by atoms with Gasteiger partial charge in [0.1, 0.15) is 0 Å². The summed E-state index contributed by atoms with van der Waals surface area (Å²) in [4.78, 5) is 25.6. The zero-order valence-corrected chi connectivity index (χ0v) is 15.1. The first-order valence-electron chi connectivity index (χ1n) is 8.16. The van der Waals surface area contributed by atoms with Crippen LogP contribution in [-0.2, 0) is 22.4 Å².